The van der Waals surface area contributed by atoms with Crippen molar-refractivity contribution in [3.63, 3.8) is 0 Å². The SMILES string of the molecule is O=C(NCc1cccs1)C1CCN(S(=O)(=O)c2ccc3ccccc3c2)CC1. The molecule has 1 aliphatic heterocycles. The molecule has 0 spiro atoms. The number of hydrogen-bond donors (Lipinski definition) is 1. The van der Waals surface area contributed by atoms with Crippen molar-refractivity contribution in [1.29, 1.82) is 0 Å². The molecular formula is C21H22N2O3S2. The molecular weight excluding hydrogens is 392 g/mol. The summed E-state index contributed by atoms with van der Waals surface area (Å²) in [7, 11) is -3.55. The number of carbonyl (C=O) groups is 1. The first-order valence-corrected chi connectivity index (χ1v) is 11.6. The van der Waals surface area contributed by atoms with E-state index in [4.69, 9.17) is 0 Å². The van der Waals surface area contributed by atoms with Crippen LogP contribution in [0.2, 0.25) is 0 Å². The molecule has 0 bridgehead atoms. The number of hydrogen-bond acceptors (Lipinski definition) is 4. The number of carbonyl (C=O) groups excluding carboxylic acids is 1. The van der Waals surface area contributed by atoms with E-state index in [1.54, 1.807) is 23.5 Å². The Hall–Kier alpha value is -2.22. The Morgan fingerprint density at radius 3 is 2.50 bits per heavy atom. The molecule has 2 aromatic carbocycles. The van der Waals surface area contributed by atoms with Crippen LogP contribution in [0.3, 0.4) is 0 Å². The van der Waals surface area contributed by atoms with Crippen LogP contribution in [0, 0.1) is 5.92 Å². The first kappa shape index (κ1) is 19.1. The zero-order valence-corrected chi connectivity index (χ0v) is 17.0. The molecule has 28 heavy (non-hydrogen) atoms. The topological polar surface area (TPSA) is 66.5 Å². The third kappa shape index (κ3) is 3.97. The van der Waals surface area contributed by atoms with Crippen LogP contribution in [0.4, 0.5) is 0 Å². The van der Waals surface area contributed by atoms with Crippen LogP contribution in [0.25, 0.3) is 10.8 Å². The molecule has 7 heteroatoms. The minimum atomic E-state index is -3.55. The number of nitrogens with zero attached hydrogens (tertiary/aromatic N) is 1. The Kier molecular flexibility index (Phi) is 5.48. The highest BCUT2D eigenvalue weighted by molar-refractivity contribution is 7.89. The van der Waals surface area contributed by atoms with Gasteiger partial charge in [-0.05, 0) is 47.2 Å². The highest BCUT2D eigenvalue weighted by Gasteiger charge is 2.32. The smallest absolute Gasteiger partial charge is 0.243 e. The van der Waals surface area contributed by atoms with Crippen LogP contribution >= 0.6 is 11.3 Å². The lowest BCUT2D eigenvalue weighted by molar-refractivity contribution is -0.126. The fraction of sp³-hybridized carbons (Fsp3) is 0.286. The second-order valence-electron chi connectivity index (χ2n) is 6.98. The van der Waals surface area contributed by atoms with Crippen molar-refractivity contribution < 1.29 is 13.2 Å². The van der Waals surface area contributed by atoms with E-state index in [1.807, 2.05) is 47.8 Å². The molecule has 1 N–H and O–H groups in total. The quantitative estimate of drug-likeness (QED) is 0.693. The van der Waals surface area contributed by atoms with Gasteiger partial charge >= 0.3 is 0 Å². The summed E-state index contributed by atoms with van der Waals surface area (Å²) in [6.45, 7) is 1.27. The Morgan fingerprint density at radius 2 is 1.79 bits per heavy atom. The fourth-order valence-corrected chi connectivity index (χ4v) is 5.72. The Morgan fingerprint density at radius 1 is 1.04 bits per heavy atom. The summed E-state index contributed by atoms with van der Waals surface area (Å²) in [6, 6.07) is 16.9. The summed E-state index contributed by atoms with van der Waals surface area (Å²) in [5.74, 6) is -0.126. The third-order valence-corrected chi connectivity index (χ3v) is 7.97. The number of rotatable bonds is 5. The number of benzene rings is 2. The summed E-state index contributed by atoms with van der Waals surface area (Å²) in [5, 5.41) is 6.87. The van der Waals surface area contributed by atoms with Gasteiger partial charge in [-0.15, -0.1) is 11.3 Å². The number of nitrogens with one attached hydrogen (secondary N) is 1. The number of thiophene rings is 1. The van der Waals surface area contributed by atoms with E-state index >= 15 is 0 Å². The largest absolute Gasteiger partial charge is 0.351 e. The lowest BCUT2D eigenvalue weighted by Crippen LogP contribution is -2.42. The van der Waals surface area contributed by atoms with Gasteiger partial charge in [0.25, 0.3) is 0 Å². The standard InChI is InChI=1S/C21H22N2O3S2/c24-21(22-15-19-6-3-13-27-19)17-9-11-23(12-10-17)28(25,26)20-8-7-16-4-1-2-5-18(16)14-20/h1-8,13-14,17H,9-12,15H2,(H,22,24). The second kappa shape index (κ2) is 8.03. The summed E-state index contributed by atoms with van der Waals surface area (Å²) in [4.78, 5) is 13.8. The molecule has 146 valence electrons. The highest BCUT2D eigenvalue weighted by atomic mass is 32.2. The molecule has 2 heterocycles. The average Bonchev–Trinajstić information content (AvgIpc) is 3.25. The van der Waals surface area contributed by atoms with Crippen molar-refractivity contribution >= 4 is 38.0 Å². The average molecular weight is 415 g/mol. The minimum Gasteiger partial charge on any atom is -0.351 e. The molecule has 0 saturated carbocycles. The summed E-state index contributed by atoms with van der Waals surface area (Å²) < 4.78 is 27.5. The van der Waals surface area contributed by atoms with Crippen LogP contribution in [0.5, 0.6) is 0 Å². The van der Waals surface area contributed by atoms with Crippen molar-refractivity contribution in [3.8, 4) is 0 Å². The van der Waals surface area contributed by atoms with Gasteiger partial charge in [-0.3, -0.25) is 4.79 Å². The first-order valence-electron chi connectivity index (χ1n) is 9.33. The van der Waals surface area contributed by atoms with Crippen molar-refractivity contribution in [2.75, 3.05) is 13.1 Å². The molecule has 0 radical (unpaired) electrons. The third-order valence-electron chi connectivity index (χ3n) is 5.20. The van der Waals surface area contributed by atoms with Gasteiger partial charge in [-0.2, -0.15) is 4.31 Å². The predicted molar refractivity (Wildman–Crippen MR) is 112 cm³/mol. The van der Waals surface area contributed by atoms with Gasteiger partial charge in [0, 0.05) is 23.9 Å². The maximum absolute atomic E-state index is 13.0. The van der Waals surface area contributed by atoms with Gasteiger partial charge in [0.1, 0.15) is 0 Å². The molecule has 0 aliphatic carbocycles. The molecule has 5 nitrogen and oxygen atoms in total. The molecule has 4 rings (SSSR count). The van der Waals surface area contributed by atoms with Crippen molar-refractivity contribution in [2.24, 2.45) is 5.92 Å². The fourth-order valence-electron chi connectivity index (χ4n) is 3.57. The summed E-state index contributed by atoms with van der Waals surface area (Å²) >= 11 is 1.61. The molecule has 1 aromatic heterocycles. The van der Waals surface area contributed by atoms with E-state index < -0.39 is 10.0 Å². The van der Waals surface area contributed by atoms with E-state index in [0.717, 1.165) is 15.6 Å². The maximum atomic E-state index is 13.0. The van der Waals surface area contributed by atoms with Gasteiger partial charge in [0.15, 0.2) is 0 Å². The molecule has 1 fully saturated rings. The van der Waals surface area contributed by atoms with Gasteiger partial charge in [-0.1, -0.05) is 36.4 Å². The van der Waals surface area contributed by atoms with Crippen LogP contribution in [0.15, 0.2) is 64.9 Å². The Balaban J connectivity index is 1.39. The lowest BCUT2D eigenvalue weighted by atomic mass is 9.97. The second-order valence-corrected chi connectivity index (χ2v) is 9.95. The Labute approximate surface area is 169 Å². The van der Waals surface area contributed by atoms with E-state index in [1.165, 1.54) is 4.31 Å². The normalized spacial score (nSPS) is 16.3. The Bertz CT molecular complexity index is 1070. The molecule has 1 amide bonds. The van der Waals surface area contributed by atoms with Crippen molar-refractivity contribution in [3.05, 3.63) is 64.9 Å². The lowest BCUT2D eigenvalue weighted by Gasteiger charge is -2.30. The number of fused-ring (bicyclic) bond motifs is 1. The predicted octanol–water partition coefficient (Wildman–Crippen LogP) is 3.62. The number of sulfonamides is 1. The van der Waals surface area contributed by atoms with E-state index in [2.05, 4.69) is 5.32 Å². The van der Waals surface area contributed by atoms with Gasteiger partial charge in [0.05, 0.1) is 11.4 Å². The monoisotopic (exact) mass is 414 g/mol. The number of amides is 1. The molecule has 0 atom stereocenters. The van der Waals surface area contributed by atoms with E-state index in [0.29, 0.717) is 37.4 Å². The van der Waals surface area contributed by atoms with Crippen LogP contribution in [0.1, 0.15) is 17.7 Å². The first-order chi connectivity index (χ1) is 13.5. The van der Waals surface area contributed by atoms with Crippen molar-refractivity contribution in [2.45, 2.75) is 24.3 Å². The maximum Gasteiger partial charge on any atom is 0.243 e. The summed E-state index contributed by atoms with van der Waals surface area (Å²) in [6.07, 6.45) is 1.09. The number of piperidine rings is 1. The van der Waals surface area contributed by atoms with Gasteiger partial charge < -0.3 is 5.32 Å². The van der Waals surface area contributed by atoms with Crippen LogP contribution in [-0.4, -0.2) is 31.7 Å². The van der Waals surface area contributed by atoms with Crippen LogP contribution < -0.4 is 5.32 Å². The minimum absolute atomic E-state index is 0.0103. The van der Waals surface area contributed by atoms with Crippen LogP contribution in [-0.2, 0) is 21.4 Å². The van der Waals surface area contributed by atoms with Gasteiger partial charge in [0.2, 0.25) is 15.9 Å². The zero-order valence-electron chi connectivity index (χ0n) is 15.4. The van der Waals surface area contributed by atoms with E-state index in [9.17, 15) is 13.2 Å². The molecule has 3 aromatic rings. The summed E-state index contributed by atoms with van der Waals surface area (Å²) in [5.41, 5.74) is 0. The van der Waals surface area contributed by atoms with Gasteiger partial charge in [-0.25, -0.2) is 8.42 Å². The molecule has 1 aliphatic rings. The zero-order chi connectivity index (χ0) is 19.6. The molecule has 0 unspecified atom stereocenters. The molecule has 1 saturated heterocycles. The van der Waals surface area contributed by atoms with E-state index in [-0.39, 0.29) is 11.8 Å². The highest BCUT2D eigenvalue weighted by Crippen LogP contribution is 2.26. The van der Waals surface area contributed by atoms with Crippen molar-refractivity contribution in [1.82, 2.24) is 9.62 Å².